The lowest BCUT2D eigenvalue weighted by Crippen LogP contribution is -2.34. The highest BCUT2D eigenvalue weighted by Crippen LogP contribution is 2.18. The maximum absolute atomic E-state index is 12.2. The third kappa shape index (κ3) is 4.28. The van der Waals surface area contributed by atoms with Gasteiger partial charge in [-0.05, 0) is 31.7 Å². The van der Waals surface area contributed by atoms with Gasteiger partial charge in [0, 0.05) is 31.6 Å². The highest BCUT2D eigenvalue weighted by Gasteiger charge is 2.20. The van der Waals surface area contributed by atoms with E-state index in [1.54, 1.807) is 6.07 Å². The third-order valence-electron chi connectivity index (χ3n) is 4.47. The molecule has 3 rings (SSSR count). The highest BCUT2D eigenvalue weighted by atomic mass is 16.5. The molecule has 1 aliphatic heterocycles. The molecule has 124 valence electrons. The van der Waals surface area contributed by atoms with Crippen LogP contribution in [-0.4, -0.2) is 42.1 Å². The highest BCUT2D eigenvalue weighted by molar-refractivity contribution is 5.99. The van der Waals surface area contributed by atoms with Crippen LogP contribution >= 0.6 is 0 Å². The van der Waals surface area contributed by atoms with E-state index in [9.17, 15) is 9.59 Å². The van der Waals surface area contributed by atoms with Gasteiger partial charge < -0.3 is 15.4 Å². The van der Waals surface area contributed by atoms with Crippen LogP contribution in [0.3, 0.4) is 0 Å². The van der Waals surface area contributed by atoms with Crippen LogP contribution in [0.15, 0.2) is 18.5 Å². The Morgan fingerprint density at radius 2 is 1.83 bits per heavy atom. The minimum atomic E-state index is -0.219. The van der Waals surface area contributed by atoms with Gasteiger partial charge in [-0.2, -0.15) is 0 Å². The number of carbonyl (C=O) groups is 2. The van der Waals surface area contributed by atoms with Gasteiger partial charge in [-0.3, -0.25) is 14.6 Å². The quantitative estimate of drug-likeness (QED) is 0.865. The first kappa shape index (κ1) is 15.9. The van der Waals surface area contributed by atoms with E-state index in [1.807, 2.05) is 0 Å². The van der Waals surface area contributed by atoms with E-state index in [1.165, 1.54) is 12.4 Å². The number of hydrogen-bond acceptors (Lipinski definition) is 4. The van der Waals surface area contributed by atoms with E-state index < -0.39 is 0 Å². The molecule has 2 fully saturated rings. The Bertz CT molecular complexity index is 564. The minimum absolute atomic E-state index is 0.0979. The van der Waals surface area contributed by atoms with Gasteiger partial charge >= 0.3 is 0 Å². The summed E-state index contributed by atoms with van der Waals surface area (Å²) < 4.78 is 5.48. The number of carbonyl (C=O) groups excluding carboxylic acids is 2. The summed E-state index contributed by atoms with van der Waals surface area (Å²) in [5.41, 5.74) is 0.837. The number of ether oxygens (including phenoxy) is 1. The molecule has 6 nitrogen and oxygen atoms in total. The van der Waals surface area contributed by atoms with Gasteiger partial charge in [0.2, 0.25) is 0 Å². The molecular weight excluding hydrogens is 294 g/mol. The van der Waals surface area contributed by atoms with E-state index >= 15 is 0 Å². The van der Waals surface area contributed by atoms with Crippen molar-refractivity contribution < 1.29 is 14.3 Å². The summed E-state index contributed by atoms with van der Waals surface area (Å²) in [5, 5.41) is 5.85. The Kier molecular flexibility index (Phi) is 5.23. The maximum Gasteiger partial charge on any atom is 0.253 e. The molecule has 1 saturated heterocycles. The van der Waals surface area contributed by atoms with Crippen molar-refractivity contribution >= 4 is 11.8 Å². The van der Waals surface area contributed by atoms with Gasteiger partial charge in [-0.15, -0.1) is 0 Å². The molecule has 2 aliphatic rings. The fraction of sp³-hybridized carbons (Fsp3) is 0.588. The summed E-state index contributed by atoms with van der Waals surface area (Å²) in [4.78, 5) is 28.5. The Balaban J connectivity index is 1.57. The fourth-order valence-electron chi connectivity index (χ4n) is 3.14. The second kappa shape index (κ2) is 7.55. The molecule has 23 heavy (non-hydrogen) atoms. The molecule has 2 amide bonds. The first-order valence-electron chi connectivity index (χ1n) is 8.38. The van der Waals surface area contributed by atoms with E-state index in [0.29, 0.717) is 17.7 Å². The summed E-state index contributed by atoms with van der Waals surface area (Å²) in [7, 11) is 0. The molecule has 1 aromatic heterocycles. The number of amides is 2. The minimum Gasteiger partial charge on any atom is -0.376 e. The molecule has 6 heteroatoms. The van der Waals surface area contributed by atoms with Crippen molar-refractivity contribution in [2.75, 3.05) is 13.2 Å². The van der Waals surface area contributed by atoms with Crippen molar-refractivity contribution in [2.45, 2.75) is 50.7 Å². The lowest BCUT2D eigenvalue weighted by molar-refractivity contribution is 0.0857. The normalized spacial score (nSPS) is 21.3. The zero-order valence-corrected chi connectivity index (χ0v) is 13.2. The van der Waals surface area contributed by atoms with Crippen molar-refractivity contribution in [1.82, 2.24) is 15.6 Å². The molecule has 0 spiro atoms. The average molecular weight is 317 g/mol. The largest absolute Gasteiger partial charge is 0.376 e. The van der Waals surface area contributed by atoms with Crippen molar-refractivity contribution in [1.29, 1.82) is 0 Å². The molecule has 1 unspecified atom stereocenters. The summed E-state index contributed by atoms with van der Waals surface area (Å²) in [5.74, 6) is -0.373. The zero-order valence-electron chi connectivity index (χ0n) is 13.2. The number of rotatable bonds is 5. The molecular formula is C17H23N3O3. The van der Waals surface area contributed by atoms with Gasteiger partial charge in [0.15, 0.2) is 0 Å². The Hall–Kier alpha value is -1.95. The lowest BCUT2D eigenvalue weighted by Gasteiger charge is -2.13. The monoisotopic (exact) mass is 317 g/mol. The van der Waals surface area contributed by atoms with Crippen molar-refractivity contribution in [3.63, 3.8) is 0 Å². The van der Waals surface area contributed by atoms with Crippen LogP contribution in [0.25, 0.3) is 0 Å². The van der Waals surface area contributed by atoms with Crippen LogP contribution in [0.4, 0.5) is 0 Å². The standard InChI is InChI=1S/C17H23N3O3/c21-16(19-11-15-6-3-7-23-15)12-8-13(10-18-9-12)17(22)20-14-4-1-2-5-14/h8-10,14-15H,1-7,11H2,(H,19,21)(H,20,22). The topological polar surface area (TPSA) is 80.3 Å². The van der Waals surface area contributed by atoms with Crippen LogP contribution in [0.1, 0.15) is 59.2 Å². The Morgan fingerprint density at radius 3 is 2.52 bits per heavy atom. The summed E-state index contributed by atoms with van der Waals surface area (Å²) in [6.07, 6.45) is 9.48. The Morgan fingerprint density at radius 1 is 1.09 bits per heavy atom. The second-order valence-electron chi connectivity index (χ2n) is 6.26. The number of aromatic nitrogens is 1. The van der Waals surface area contributed by atoms with Gasteiger partial charge in [0.05, 0.1) is 17.2 Å². The van der Waals surface area contributed by atoms with Crippen LogP contribution < -0.4 is 10.6 Å². The van der Waals surface area contributed by atoms with Crippen molar-refractivity contribution in [2.24, 2.45) is 0 Å². The first-order chi connectivity index (χ1) is 11.2. The predicted octanol–water partition coefficient (Wildman–Crippen LogP) is 1.66. The smallest absolute Gasteiger partial charge is 0.253 e. The Labute approximate surface area is 136 Å². The van der Waals surface area contributed by atoms with Crippen LogP contribution in [0.5, 0.6) is 0 Å². The molecule has 1 saturated carbocycles. The number of nitrogens with one attached hydrogen (secondary N) is 2. The average Bonchev–Trinajstić information content (AvgIpc) is 3.26. The molecule has 2 heterocycles. The molecule has 0 radical (unpaired) electrons. The SMILES string of the molecule is O=C(NCC1CCCO1)c1cncc(C(=O)NC2CCCC2)c1. The summed E-state index contributed by atoms with van der Waals surface area (Å²) in [6, 6.07) is 1.85. The molecule has 1 aromatic rings. The third-order valence-corrected chi connectivity index (χ3v) is 4.47. The fourth-order valence-corrected chi connectivity index (χ4v) is 3.14. The molecule has 0 aromatic carbocycles. The zero-order chi connectivity index (χ0) is 16.1. The van der Waals surface area contributed by atoms with Gasteiger partial charge in [-0.1, -0.05) is 12.8 Å². The van der Waals surface area contributed by atoms with E-state index in [0.717, 1.165) is 45.1 Å². The van der Waals surface area contributed by atoms with Crippen LogP contribution in [0.2, 0.25) is 0 Å². The molecule has 2 N–H and O–H groups in total. The summed E-state index contributed by atoms with van der Waals surface area (Å²) in [6.45, 7) is 1.26. The maximum atomic E-state index is 12.2. The van der Waals surface area contributed by atoms with Crippen LogP contribution in [-0.2, 0) is 4.74 Å². The lowest BCUT2D eigenvalue weighted by atomic mass is 10.1. The van der Waals surface area contributed by atoms with Crippen molar-refractivity contribution in [3.05, 3.63) is 29.6 Å². The number of pyridine rings is 1. The van der Waals surface area contributed by atoms with E-state index in [4.69, 9.17) is 4.74 Å². The molecule has 1 aliphatic carbocycles. The molecule has 1 atom stereocenters. The molecule has 0 bridgehead atoms. The second-order valence-corrected chi connectivity index (χ2v) is 6.26. The van der Waals surface area contributed by atoms with Gasteiger partial charge in [-0.25, -0.2) is 0 Å². The predicted molar refractivity (Wildman–Crippen MR) is 85.3 cm³/mol. The summed E-state index contributed by atoms with van der Waals surface area (Å²) >= 11 is 0. The number of hydrogen-bond donors (Lipinski definition) is 2. The van der Waals surface area contributed by atoms with E-state index in [-0.39, 0.29) is 24.0 Å². The van der Waals surface area contributed by atoms with Crippen LogP contribution in [0, 0.1) is 0 Å². The number of nitrogens with zero attached hydrogens (tertiary/aromatic N) is 1. The van der Waals surface area contributed by atoms with E-state index in [2.05, 4.69) is 15.6 Å². The first-order valence-corrected chi connectivity index (χ1v) is 8.38. The van der Waals surface area contributed by atoms with Crippen molar-refractivity contribution in [3.8, 4) is 0 Å². The van der Waals surface area contributed by atoms with Gasteiger partial charge in [0.1, 0.15) is 0 Å². The van der Waals surface area contributed by atoms with Gasteiger partial charge in [0.25, 0.3) is 11.8 Å².